The number of amides is 2. The highest BCUT2D eigenvalue weighted by atomic mass is 16.2. The molecule has 0 aliphatic rings. The molecule has 3 aromatic rings. The Morgan fingerprint density at radius 1 is 0.963 bits per heavy atom. The van der Waals surface area contributed by atoms with Crippen molar-refractivity contribution < 1.29 is 9.59 Å². The van der Waals surface area contributed by atoms with Crippen molar-refractivity contribution in [1.82, 2.24) is 9.88 Å². The van der Waals surface area contributed by atoms with Crippen molar-refractivity contribution in [3.63, 3.8) is 0 Å². The lowest BCUT2D eigenvalue weighted by molar-refractivity contribution is -0.120. The van der Waals surface area contributed by atoms with Crippen LogP contribution in [0, 0.1) is 11.3 Å². The van der Waals surface area contributed by atoms with Crippen LogP contribution in [0.25, 0.3) is 5.69 Å². The minimum absolute atomic E-state index is 0.192. The van der Waals surface area contributed by atoms with E-state index in [0.717, 1.165) is 11.3 Å². The summed E-state index contributed by atoms with van der Waals surface area (Å²) in [7, 11) is 0. The number of carbonyl (C=O) groups is 2. The van der Waals surface area contributed by atoms with Gasteiger partial charge in [-0.05, 0) is 48.0 Å². The summed E-state index contributed by atoms with van der Waals surface area (Å²) in [5.74, 6) is -0.580. The zero-order valence-corrected chi connectivity index (χ0v) is 14.6. The minimum Gasteiger partial charge on any atom is -0.351 e. The van der Waals surface area contributed by atoms with Gasteiger partial charge < -0.3 is 15.2 Å². The Balaban J connectivity index is 1.69. The Bertz CT molecular complexity index is 970. The SMILES string of the molecule is N#CCC(=O)NCc1ccccc1NC(=O)c1ccc(-n2cccc2)cc1. The van der Waals surface area contributed by atoms with Crippen molar-refractivity contribution in [1.29, 1.82) is 5.26 Å². The maximum Gasteiger partial charge on any atom is 0.255 e. The molecule has 0 fully saturated rings. The third-order valence-electron chi connectivity index (χ3n) is 4.01. The molecule has 27 heavy (non-hydrogen) atoms. The summed E-state index contributed by atoms with van der Waals surface area (Å²) in [6.45, 7) is 0.240. The van der Waals surface area contributed by atoms with Crippen molar-refractivity contribution in [3.05, 3.63) is 84.2 Å². The number of anilines is 1. The Morgan fingerprint density at radius 3 is 2.37 bits per heavy atom. The van der Waals surface area contributed by atoms with E-state index in [2.05, 4.69) is 10.6 Å². The summed E-state index contributed by atoms with van der Waals surface area (Å²) in [5.41, 5.74) is 2.89. The van der Waals surface area contributed by atoms with Gasteiger partial charge in [-0.25, -0.2) is 0 Å². The van der Waals surface area contributed by atoms with Gasteiger partial charge in [-0.1, -0.05) is 18.2 Å². The molecule has 6 heteroatoms. The summed E-state index contributed by atoms with van der Waals surface area (Å²) < 4.78 is 1.96. The van der Waals surface area contributed by atoms with E-state index in [-0.39, 0.29) is 24.8 Å². The Morgan fingerprint density at radius 2 is 1.67 bits per heavy atom. The molecule has 0 radical (unpaired) electrons. The Kier molecular flexibility index (Phi) is 5.65. The van der Waals surface area contributed by atoms with Crippen LogP contribution < -0.4 is 10.6 Å². The maximum atomic E-state index is 12.6. The number of rotatable bonds is 6. The fourth-order valence-corrected chi connectivity index (χ4v) is 2.61. The molecular formula is C21H18N4O2. The van der Waals surface area contributed by atoms with Gasteiger partial charge in [0.25, 0.3) is 5.91 Å². The first-order valence-electron chi connectivity index (χ1n) is 8.43. The number of nitrogens with one attached hydrogen (secondary N) is 2. The van der Waals surface area contributed by atoms with Crippen LogP contribution in [-0.4, -0.2) is 16.4 Å². The van der Waals surface area contributed by atoms with Crippen LogP contribution in [0.3, 0.4) is 0 Å². The predicted molar refractivity (Wildman–Crippen MR) is 102 cm³/mol. The van der Waals surface area contributed by atoms with E-state index in [1.165, 1.54) is 0 Å². The largest absolute Gasteiger partial charge is 0.351 e. The number of carbonyl (C=O) groups excluding carboxylic acids is 2. The van der Waals surface area contributed by atoms with E-state index in [0.29, 0.717) is 11.3 Å². The summed E-state index contributed by atoms with van der Waals surface area (Å²) in [4.78, 5) is 24.0. The van der Waals surface area contributed by atoms with Crippen molar-refractivity contribution in [2.75, 3.05) is 5.32 Å². The number of benzene rings is 2. The lowest BCUT2D eigenvalue weighted by Crippen LogP contribution is -2.23. The first kappa shape index (κ1) is 18.0. The number of hydrogen-bond donors (Lipinski definition) is 2. The van der Waals surface area contributed by atoms with Crippen LogP contribution in [0.4, 0.5) is 5.69 Å². The smallest absolute Gasteiger partial charge is 0.255 e. The molecular weight excluding hydrogens is 340 g/mol. The molecule has 2 N–H and O–H groups in total. The molecule has 3 rings (SSSR count). The number of para-hydroxylation sites is 1. The monoisotopic (exact) mass is 358 g/mol. The highest BCUT2D eigenvalue weighted by Gasteiger charge is 2.10. The third kappa shape index (κ3) is 4.61. The van der Waals surface area contributed by atoms with Gasteiger partial charge in [0, 0.05) is 35.9 Å². The molecule has 0 saturated heterocycles. The van der Waals surface area contributed by atoms with Gasteiger partial charge in [-0.2, -0.15) is 5.26 Å². The summed E-state index contributed by atoms with van der Waals surface area (Å²) >= 11 is 0. The Hall–Kier alpha value is -3.85. The summed E-state index contributed by atoms with van der Waals surface area (Å²) in [6.07, 6.45) is 3.68. The lowest BCUT2D eigenvalue weighted by atomic mass is 10.1. The van der Waals surface area contributed by atoms with Gasteiger partial charge in [0.1, 0.15) is 6.42 Å². The molecule has 1 heterocycles. The van der Waals surface area contributed by atoms with Gasteiger partial charge in [0.2, 0.25) is 5.91 Å². The standard InChI is InChI=1S/C21H18N4O2/c22-12-11-20(26)23-15-17-5-1-2-6-19(17)24-21(27)16-7-9-18(10-8-16)25-13-3-4-14-25/h1-10,13-14H,11,15H2,(H,23,26)(H,24,27). The first-order valence-corrected chi connectivity index (χ1v) is 8.43. The van der Waals surface area contributed by atoms with Crippen LogP contribution in [0.1, 0.15) is 22.3 Å². The van der Waals surface area contributed by atoms with Crippen LogP contribution >= 0.6 is 0 Å². The molecule has 0 aliphatic carbocycles. The second kappa shape index (κ2) is 8.50. The fourth-order valence-electron chi connectivity index (χ4n) is 2.61. The van der Waals surface area contributed by atoms with Gasteiger partial charge >= 0.3 is 0 Å². The highest BCUT2D eigenvalue weighted by Crippen LogP contribution is 2.17. The molecule has 0 unspecified atom stereocenters. The number of aromatic nitrogens is 1. The van der Waals surface area contributed by atoms with Crippen molar-refractivity contribution in [2.45, 2.75) is 13.0 Å². The fraction of sp³-hybridized carbons (Fsp3) is 0.0952. The molecule has 0 aliphatic heterocycles. The van der Waals surface area contributed by atoms with E-state index >= 15 is 0 Å². The molecule has 0 spiro atoms. The zero-order chi connectivity index (χ0) is 19.1. The molecule has 0 bridgehead atoms. The van der Waals surface area contributed by atoms with Crippen molar-refractivity contribution >= 4 is 17.5 Å². The molecule has 2 amide bonds. The second-order valence-corrected chi connectivity index (χ2v) is 5.86. The predicted octanol–water partition coefficient (Wildman–Crippen LogP) is 3.26. The number of nitriles is 1. The van der Waals surface area contributed by atoms with Gasteiger partial charge in [0.15, 0.2) is 0 Å². The van der Waals surface area contributed by atoms with Crippen molar-refractivity contribution in [3.8, 4) is 11.8 Å². The van der Waals surface area contributed by atoms with Gasteiger partial charge in [0.05, 0.1) is 6.07 Å². The zero-order valence-electron chi connectivity index (χ0n) is 14.6. The average Bonchev–Trinajstić information content (AvgIpc) is 3.22. The number of hydrogen-bond acceptors (Lipinski definition) is 3. The normalized spacial score (nSPS) is 10.0. The highest BCUT2D eigenvalue weighted by molar-refractivity contribution is 6.04. The van der Waals surface area contributed by atoms with Gasteiger partial charge in [-0.3, -0.25) is 9.59 Å². The van der Waals surface area contributed by atoms with Crippen LogP contribution in [0.2, 0.25) is 0 Å². The molecule has 0 atom stereocenters. The molecule has 0 saturated carbocycles. The van der Waals surface area contributed by atoms with E-state index in [9.17, 15) is 9.59 Å². The van der Waals surface area contributed by atoms with E-state index in [1.807, 2.05) is 59.4 Å². The van der Waals surface area contributed by atoms with E-state index in [1.54, 1.807) is 24.3 Å². The average molecular weight is 358 g/mol. The van der Waals surface area contributed by atoms with Crippen LogP contribution in [-0.2, 0) is 11.3 Å². The summed E-state index contributed by atoms with van der Waals surface area (Å²) in [5, 5.41) is 14.1. The van der Waals surface area contributed by atoms with Crippen LogP contribution in [0.5, 0.6) is 0 Å². The number of nitrogens with zero attached hydrogens (tertiary/aromatic N) is 2. The molecule has 2 aromatic carbocycles. The first-order chi connectivity index (χ1) is 13.2. The summed E-state index contributed by atoms with van der Waals surface area (Å²) in [6, 6.07) is 20.2. The van der Waals surface area contributed by atoms with E-state index < -0.39 is 0 Å². The topological polar surface area (TPSA) is 86.9 Å². The van der Waals surface area contributed by atoms with E-state index in [4.69, 9.17) is 5.26 Å². The maximum absolute atomic E-state index is 12.6. The molecule has 134 valence electrons. The lowest BCUT2D eigenvalue weighted by Gasteiger charge is -2.12. The Labute approximate surface area is 157 Å². The molecule has 1 aromatic heterocycles. The minimum atomic E-state index is -0.348. The van der Waals surface area contributed by atoms with Crippen LogP contribution in [0.15, 0.2) is 73.1 Å². The third-order valence-corrected chi connectivity index (χ3v) is 4.01. The van der Waals surface area contributed by atoms with Gasteiger partial charge in [-0.15, -0.1) is 0 Å². The quantitative estimate of drug-likeness (QED) is 0.709. The molecule has 6 nitrogen and oxygen atoms in total. The second-order valence-electron chi connectivity index (χ2n) is 5.86. The van der Waals surface area contributed by atoms with Crippen molar-refractivity contribution in [2.24, 2.45) is 0 Å².